The highest BCUT2D eigenvalue weighted by molar-refractivity contribution is 5.92. The molecule has 1 heterocycles. The minimum atomic E-state index is -1.31. The highest BCUT2D eigenvalue weighted by Gasteiger charge is 2.30. The molecule has 0 radical (unpaired) electrons. The molecule has 0 aliphatic carbocycles. The fraction of sp³-hybridized carbons (Fsp3) is 0.750. The monoisotopic (exact) mass is 357 g/mol. The first kappa shape index (κ1) is 20.9. The van der Waals surface area contributed by atoms with Crippen LogP contribution in [0.15, 0.2) is 0 Å². The molecule has 0 aromatic heterocycles. The van der Waals surface area contributed by atoms with E-state index < -0.39 is 29.9 Å². The molecule has 3 unspecified atom stereocenters. The number of carboxylic acid groups (broad SMARTS) is 2. The van der Waals surface area contributed by atoms with E-state index in [0.29, 0.717) is 12.8 Å². The predicted octanol–water partition coefficient (Wildman–Crippen LogP) is -0.296. The molecule has 0 saturated carbocycles. The average Bonchev–Trinajstić information content (AvgIpc) is 3.03. The number of aliphatic carboxylic acids is 2. The summed E-state index contributed by atoms with van der Waals surface area (Å²) in [6.45, 7) is 4.52. The van der Waals surface area contributed by atoms with E-state index in [-0.39, 0.29) is 30.7 Å². The topological polar surface area (TPSA) is 145 Å². The van der Waals surface area contributed by atoms with Crippen LogP contribution in [0.4, 0.5) is 0 Å². The molecule has 0 aromatic carbocycles. The number of hydrogen-bond donors (Lipinski definition) is 5. The molecule has 1 saturated heterocycles. The van der Waals surface area contributed by atoms with Crippen LogP contribution in [0, 0.1) is 5.92 Å². The molecule has 25 heavy (non-hydrogen) atoms. The van der Waals surface area contributed by atoms with Gasteiger partial charge in [-0.3, -0.25) is 14.4 Å². The summed E-state index contributed by atoms with van der Waals surface area (Å²) in [5.74, 6) is -3.23. The summed E-state index contributed by atoms with van der Waals surface area (Å²) in [5, 5.41) is 25.9. The lowest BCUT2D eigenvalue weighted by Crippen LogP contribution is -2.54. The van der Waals surface area contributed by atoms with Crippen LogP contribution in [-0.2, 0) is 19.2 Å². The molecule has 1 rings (SSSR count). The lowest BCUT2D eigenvalue weighted by Gasteiger charge is -2.24. The number of rotatable bonds is 10. The van der Waals surface area contributed by atoms with E-state index in [2.05, 4.69) is 16.0 Å². The quantitative estimate of drug-likeness (QED) is 0.361. The SMILES string of the molecule is CC(C)CC(NC(=O)C1CCCN1)C(=O)NC(CCC(=O)O)C(=O)O. The van der Waals surface area contributed by atoms with Gasteiger partial charge in [-0.05, 0) is 38.1 Å². The van der Waals surface area contributed by atoms with Gasteiger partial charge in [0.05, 0.1) is 6.04 Å². The Labute approximate surface area is 146 Å². The Bertz CT molecular complexity index is 502. The third-order valence-corrected chi connectivity index (χ3v) is 3.98. The number of carboxylic acids is 2. The summed E-state index contributed by atoms with van der Waals surface area (Å²) in [6, 6.07) is -2.51. The smallest absolute Gasteiger partial charge is 0.326 e. The van der Waals surface area contributed by atoms with E-state index in [0.717, 1.165) is 13.0 Å². The van der Waals surface area contributed by atoms with Crippen LogP contribution in [0.25, 0.3) is 0 Å². The van der Waals surface area contributed by atoms with Crippen molar-refractivity contribution in [3.8, 4) is 0 Å². The Morgan fingerprint density at radius 3 is 2.28 bits per heavy atom. The minimum absolute atomic E-state index is 0.106. The molecule has 1 aliphatic heterocycles. The maximum atomic E-state index is 12.4. The van der Waals surface area contributed by atoms with Crippen molar-refractivity contribution >= 4 is 23.8 Å². The summed E-state index contributed by atoms with van der Waals surface area (Å²) in [4.78, 5) is 46.5. The molecule has 142 valence electrons. The molecule has 9 nitrogen and oxygen atoms in total. The highest BCUT2D eigenvalue weighted by atomic mass is 16.4. The molecule has 2 amide bonds. The second-order valence-electron chi connectivity index (χ2n) is 6.67. The van der Waals surface area contributed by atoms with E-state index in [1.807, 2.05) is 13.8 Å². The third-order valence-electron chi connectivity index (χ3n) is 3.98. The normalized spacial score (nSPS) is 19.2. The van der Waals surface area contributed by atoms with Gasteiger partial charge in [0.15, 0.2) is 0 Å². The fourth-order valence-electron chi connectivity index (χ4n) is 2.68. The van der Waals surface area contributed by atoms with E-state index in [1.165, 1.54) is 0 Å². The molecule has 1 fully saturated rings. The van der Waals surface area contributed by atoms with Gasteiger partial charge in [-0.25, -0.2) is 4.79 Å². The van der Waals surface area contributed by atoms with Gasteiger partial charge in [0, 0.05) is 6.42 Å². The third kappa shape index (κ3) is 7.51. The molecular weight excluding hydrogens is 330 g/mol. The lowest BCUT2D eigenvalue weighted by atomic mass is 10.0. The molecule has 3 atom stereocenters. The Balaban J connectivity index is 2.71. The van der Waals surface area contributed by atoms with Crippen LogP contribution in [0.1, 0.15) is 46.0 Å². The second kappa shape index (κ2) is 9.97. The molecule has 5 N–H and O–H groups in total. The van der Waals surface area contributed by atoms with Gasteiger partial charge in [0.25, 0.3) is 0 Å². The second-order valence-corrected chi connectivity index (χ2v) is 6.67. The highest BCUT2D eigenvalue weighted by Crippen LogP contribution is 2.10. The van der Waals surface area contributed by atoms with Crippen LogP contribution >= 0.6 is 0 Å². The van der Waals surface area contributed by atoms with Gasteiger partial charge in [-0.15, -0.1) is 0 Å². The van der Waals surface area contributed by atoms with Crippen molar-refractivity contribution in [1.29, 1.82) is 0 Å². The van der Waals surface area contributed by atoms with Gasteiger partial charge >= 0.3 is 11.9 Å². The lowest BCUT2D eigenvalue weighted by molar-refractivity contribution is -0.143. The Morgan fingerprint density at radius 1 is 1.12 bits per heavy atom. The zero-order valence-electron chi connectivity index (χ0n) is 14.6. The van der Waals surface area contributed by atoms with Crippen molar-refractivity contribution in [2.24, 2.45) is 5.92 Å². The zero-order chi connectivity index (χ0) is 19.0. The first-order chi connectivity index (χ1) is 11.7. The van der Waals surface area contributed by atoms with E-state index >= 15 is 0 Å². The molecule has 0 spiro atoms. The molecule has 9 heteroatoms. The largest absolute Gasteiger partial charge is 0.481 e. The summed E-state index contributed by atoms with van der Waals surface area (Å²) in [6.07, 6.45) is 1.34. The van der Waals surface area contributed by atoms with Crippen LogP contribution in [-0.4, -0.2) is 58.6 Å². The summed E-state index contributed by atoms with van der Waals surface area (Å²) >= 11 is 0. The van der Waals surface area contributed by atoms with Gasteiger partial charge in [0.1, 0.15) is 12.1 Å². The van der Waals surface area contributed by atoms with Gasteiger partial charge in [0.2, 0.25) is 11.8 Å². The van der Waals surface area contributed by atoms with Crippen LogP contribution in [0.2, 0.25) is 0 Å². The summed E-state index contributed by atoms with van der Waals surface area (Å²) in [5.41, 5.74) is 0. The maximum Gasteiger partial charge on any atom is 0.326 e. The summed E-state index contributed by atoms with van der Waals surface area (Å²) in [7, 11) is 0. The summed E-state index contributed by atoms with van der Waals surface area (Å²) < 4.78 is 0. The predicted molar refractivity (Wildman–Crippen MR) is 88.8 cm³/mol. The number of hydrogen-bond acceptors (Lipinski definition) is 5. The Kier molecular flexibility index (Phi) is 8.33. The first-order valence-corrected chi connectivity index (χ1v) is 8.49. The van der Waals surface area contributed by atoms with Crippen LogP contribution < -0.4 is 16.0 Å². The van der Waals surface area contributed by atoms with E-state index in [9.17, 15) is 19.2 Å². The fourth-order valence-corrected chi connectivity index (χ4v) is 2.68. The van der Waals surface area contributed by atoms with Crippen LogP contribution in [0.5, 0.6) is 0 Å². The van der Waals surface area contributed by atoms with E-state index in [1.54, 1.807) is 0 Å². The molecule has 0 aromatic rings. The minimum Gasteiger partial charge on any atom is -0.481 e. The van der Waals surface area contributed by atoms with Crippen molar-refractivity contribution in [3.05, 3.63) is 0 Å². The Morgan fingerprint density at radius 2 is 1.80 bits per heavy atom. The molecule has 1 aliphatic rings. The van der Waals surface area contributed by atoms with Crippen molar-refractivity contribution < 1.29 is 29.4 Å². The number of nitrogens with one attached hydrogen (secondary N) is 3. The van der Waals surface area contributed by atoms with Gasteiger partial charge in [-0.2, -0.15) is 0 Å². The van der Waals surface area contributed by atoms with Gasteiger partial charge < -0.3 is 26.2 Å². The molecule has 0 bridgehead atoms. The number of carbonyl (C=O) groups is 4. The number of amides is 2. The van der Waals surface area contributed by atoms with E-state index in [4.69, 9.17) is 10.2 Å². The van der Waals surface area contributed by atoms with Crippen LogP contribution in [0.3, 0.4) is 0 Å². The van der Waals surface area contributed by atoms with Crippen molar-refractivity contribution in [1.82, 2.24) is 16.0 Å². The zero-order valence-corrected chi connectivity index (χ0v) is 14.6. The first-order valence-electron chi connectivity index (χ1n) is 8.49. The average molecular weight is 357 g/mol. The van der Waals surface area contributed by atoms with Gasteiger partial charge in [-0.1, -0.05) is 13.8 Å². The maximum absolute atomic E-state index is 12.4. The number of carbonyl (C=O) groups excluding carboxylic acids is 2. The van der Waals surface area contributed by atoms with Crippen molar-refractivity contribution in [3.63, 3.8) is 0 Å². The molecular formula is C16H27N3O6. The van der Waals surface area contributed by atoms with Crippen molar-refractivity contribution in [2.75, 3.05) is 6.54 Å². The Hall–Kier alpha value is -2.16. The standard InChI is InChI=1S/C16H27N3O6/c1-9(2)8-12(19-14(22)10-4-3-7-17-10)15(23)18-11(16(24)25)5-6-13(20)21/h9-12,17H,3-8H2,1-2H3,(H,18,23)(H,19,22)(H,20,21)(H,24,25). The van der Waals surface area contributed by atoms with Crippen molar-refractivity contribution in [2.45, 2.75) is 64.1 Å².